The fourth-order valence-corrected chi connectivity index (χ4v) is 3.78. The number of rotatable bonds is 8. The number of nitrogens with zero attached hydrogens (tertiary/aromatic N) is 2. The van der Waals surface area contributed by atoms with Gasteiger partial charge in [0.1, 0.15) is 0 Å². The number of hydrogen-bond acceptors (Lipinski definition) is 4. The van der Waals surface area contributed by atoms with Crippen LogP contribution in [0.15, 0.2) is 47.4 Å². The Morgan fingerprint density at radius 1 is 1.03 bits per heavy atom. The molecule has 0 saturated carbocycles. The highest BCUT2D eigenvalue weighted by molar-refractivity contribution is 7.89. The molecule has 1 atom stereocenters. The van der Waals surface area contributed by atoms with E-state index < -0.39 is 10.0 Å². The molecule has 0 saturated heterocycles. The molecule has 0 aliphatic rings. The molecule has 2 rings (SSSR count). The van der Waals surface area contributed by atoms with Crippen molar-refractivity contribution in [2.75, 3.05) is 26.5 Å². The lowest BCUT2D eigenvalue weighted by Crippen LogP contribution is -2.39. The Bertz CT molecular complexity index is 954. The maximum atomic E-state index is 12.8. The van der Waals surface area contributed by atoms with E-state index in [2.05, 4.69) is 36.5 Å². The molecule has 0 bridgehead atoms. The molecule has 0 spiro atoms. The van der Waals surface area contributed by atoms with Crippen LogP contribution in [0.2, 0.25) is 0 Å². The topological polar surface area (TPSA) is 69.7 Å². The second-order valence-electron chi connectivity index (χ2n) is 7.51. The summed E-state index contributed by atoms with van der Waals surface area (Å²) in [6.45, 7) is 6.44. The molecular weight excluding hydrogens is 386 g/mol. The molecular formula is C22H31N3O3S. The van der Waals surface area contributed by atoms with Crippen molar-refractivity contribution in [1.29, 1.82) is 0 Å². The highest BCUT2D eigenvalue weighted by Crippen LogP contribution is 2.22. The van der Waals surface area contributed by atoms with E-state index in [0.717, 1.165) is 21.9 Å². The summed E-state index contributed by atoms with van der Waals surface area (Å²) in [6, 6.07) is 12.8. The molecule has 0 aliphatic carbocycles. The van der Waals surface area contributed by atoms with Gasteiger partial charge in [0.25, 0.3) is 0 Å². The minimum Gasteiger partial charge on any atom is -0.324 e. The quantitative estimate of drug-likeness (QED) is 0.716. The average Bonchev–Trinajstić information content (AvgIpc) is 2.69. The van der Waals surface area contributed by atoms with Crippen LogP contribution in [-0.2, 0) is 27.8 Å². The van der Waals surface area contributed by atoms with Gasteiger partial charge in [-0.15, -0.1) is 0 Å². The van der Waals surface area contributed by atoms with E-state index >= 15 is 0 Å². The first-order valence-electron chi connectivity index (χ1n) is 9.68. The third-order valence-electron chi connectivity index (χ3n) is 5.15. The van der Waals surface area contributed by atoms with Gasteiger partial charge in [-0.05, 0) is 56.1 Å². The summed E-state index contributed by atoms with van der Waals surface area (Å²) < 4.78 is 25.9. The zero-order valence-electron chi connectivity index (χ0n) is 18.1. The molecule has 0 aromatic heterocycles. The molecule has 0 aliphatic heterocycles. The van der Waals surface area contributed by atoms with Crippen LogP contribution < -0.4 is 5.32 Å². The zero-order chi connectivity index (χ0) is 21.8. The second-order valence-corrected chi connectivity index (χ2v) is 9.67. The van der Waals surface area contributed by atoms with Gasteiger partial charge in [0.05, 0.1) is 10.9 Å². The first-order chi connectivity index (χ1) is 13.6. The predicted octanol–water partition coefficient (Wildman–Crippen LogP) is 3.27. The van der Waals surface area contributed by atoms with Gasteiger partial charge in [0.15, 0.2) is 0 Å². The van der Waals surface area contributed by atoms with Gasteiger partial charge in [-0.2, -0.15) is 0 Å². The second kappa shape index (κ2) is 9.52. The zero-order valence-corrected chi connectivity index (χ0v) is 18.9. The summed E-state index contributed by atoms with van der Waals surface area (Å²) >= 11 is 0. The van der Waals surface area contributed by atoms with E-state index in [1.54, 1.807) is 12.1 Å². The van der Waals surface area contributed by atoms with Crippen LogP contribution >= 0.6 is 0 Å². The van der Waals surface area contributed by atoms with Crippen LogP contribution in [0.3, 0.4) is 0 Å². The Morgan fingerprint density at radius 2 is 1.62 bits per heavy atom. The molecule has 1 unspecified atom stereocenters. The lowest BCUT2D eigenvalue weighted by Gasteiger charge is -2.24. The largest absolute Gasteiger partial charge is 0.324 e. The standard InChI is InChI=1S/C22H31N3O3S/c1-7-18-9-11-19(12-10-18)15-25(6)17(3)22(26)23-21-14-20(13-8-16(21)2)29(27,28)24(4)5/h8-14,17H,7,15H2,1-6H3,(H,23,26). The van der Waals surface area contributed by atoms with Crippen LogP contribution in [0, 0.1) is 6.92 Å². The number of benzene rings is 2. The molecule has 0 radical (unpaired) electrons. The molecule has 7 heteroatoms. The minimum atomic E-state index is -3.56. The Kier molecular flexibility index (Phi) is 7.57. The van der Waals surface area contributed by atoms with Crippen LogP contribution in [0.1, 0.15) is 30.5 Å². The van der Waals surface area contributed by atoms with Crippen LogP contribution in [0.5, 0.6) is 0 Å². The summed E-state index contributed by atoms with van der Waals surface area (Å²) in [4.78, 5) is 14.9. The fraction of sp³-hybridized carbons (Fsp3) is 0.409. The minimum absolute atomic E-state index is 0.153. The van der Waals surface area contributed by atoms with Crippen molar-refractivity contribution in [1.82, 2.24) is 9.21 Å². The van der Waals surface area contributed by atoms with E-state index in [4.69, 9.17) is 0 Å². The first-order valence-corrected chi connectivity index (χ1v) is 11.1. The summed E-state index contributed by atoms with van der Waals surface area (Å²) in [5, 5.41) is 2.88. The SMILES string of the molecule is CCc1ccc(CN(C)C(C)C(=O)Nc2cc(S(=O)(=O)N(C)C)ccc2C)cc1. The van der Waals surface area contributed by atoms with Crippen molar-refractivity contribution >= 4 is 21.6 Å². The summed E-state index contributed by atoms with van der Waals surface area (Å²) in [5.41, 5.74) is 3.73. The van der Waals surface area contributed by atoms with Crippen molar-refractivity contribution < 1.29 is 13.2 Å². The lowest BCUT2D eigenvalue weighted by atomic mass is 10.1. The summed E-state index contributed by atoms with van der Waals surface area (Å²) in [7, 11) is 1.30. The molecule has 1 amide bonds. The van der Waals surface area contributed by atoms with Crippen molar-refractivity contribution in [3.05, 3.63) is 59.2 Å². The summed E-state index contributed by atoms with van der Waals surface area (Å²) in [5.74, 6) is -0.180. The normalized spacial score (nSPS) is 13.0. The number of sulfonamides is 1. The van der Waals surface area contributed by atoms with Crippen molar-refractivity contribution in [3.63, 3.8) is 0 Å². The molecule has 29 heavy (non-hydrogen) atoms. The number of carbonyl (C=O) groups excluding carboxylic acids is 1. The maximum Gasteiger partial charge on any atom is 0.242 e. The van der Waals surface area contributed by atoms with Gasteiger partial charge in [0.2, 0.25) is 15.9 Å². The average molecular weight is 418 g/mol. The van der Waals surface area contributed by atoms with Gasteiger partial charge >= 0.3 is 0 Å². The predicted molar refractivity (Wildman–Crippen MR) is 117 cm³/mol. The molecule has 2 aromatic carbocycles. The van der Waals surface area contributed by atoms with Gasteiger partial charge in [-0.25, -0.2) is 12.7 Å². The van der Waals surface area contributed by atoms with Crippen molar-refractivity contribution in [3.8, 4) is 0 Å². The third-order valence-corrected chi connectivity index (χ3v) is 6.96. The molecule has 0 heterocycles. The summed E-state index contributed by atoms with van der Waals surface area (Å²) in [6.07, 6.45) is 0.997. The Morgan fingerprint density at radius 3 is 2.17 bits per heavy atom. The van der Waals surface area contributed by atoms with Crippen LogP contribution in [0.25, 0.3) is 0 Å². The third kappa shape index (κ3) is 5.65. The first kappa shape index (κ1) is 23.1. The Balaban J connectivity index is 2.12. The molecule has 6 nitrogen and oxygen atoms in total. The van der Waals surface area contributed by atoms with Crippen LogP contribution in [-0.4, -0.2) is 50.7 Å². The highest BCUT2D eigenvalue weighted by Gasteiger charge is 2.21. The van der Waals surface area contributed by atoms with E-state index in [0.29, 0.717) is 12.2 Å². The number of anilines is 1. The molecule has 158 valence electrons. The number of amides is 1. The monoisotopic (exact) mass is 417 g/mol. The molecule has 1 N–H and O–H groups in total. The van der Waals surface area contributed by atoms with E-state index in [-0.39, 0.29) is 16.8 Å². The maximum absolute atomic E-state index is 12.8. The smallest absolute Gasteiger partial charge is 0.242 e. The number of aryl methyl sites for hydroxylation is 2. The molecule has 2 aromatic rings. The van der Waals surface area contributed by atoms with Gasteiger partial charge < -0.3 is 5.32 Å². The molecule has 0 fully saturated rings. The number of likely N-dealkylation sites (N-methyl/N-ethyl adjacent to an activating group) is 1. The number of hydrogen-bond donors (Lipinski definition) is 1. The van der Waals surface area contributed by atoms with E-state index in [1.807, 2.05) is 25.8 Å². The van der Waals surface area contributed by atoms with Gasteiger partial charge in [0, 0.05) is 26.3 Å². The van der Waals surface area contributed by atoms with Gasteiger partial charge in [-0.3, -0.25) is 9.69 Å². The van der Waals surface area contributed by atoms with Crippen molar-refractivity contribution in [2.24, 2.45) is 0 Å². The van der Waals surface area contributed by atoms with Crippen molar-refractivity contribution in [2.45, 2.75) is 44.7 Å². The Hall–Kier alpha value is -2.22. The van der Waals surface area contributed by atoms with E-state index in [9.17, 15) is 13.2 Å². The van der Waals surface area contributed by atoms with E-state index in [1.165, 1.54) is 25.7 Å². The fourth-order valence-electron chi connectivity index (χ4n) is 2.85. The number of nitrogens with one attached hydrogen (secondary N) is 1. The highest BCUT2D eigenvalue weighted by atomic mass is 32.2. The van der Waals surface area contributed by atoms with Crippen LogP contribution in [0.4, 0.5) is 5.69 Å². The lowest BCUT2D eigenvalue weighted by molar-refractivity contribution is -0.120. The van der Waals surface area contributed by atoms with Gasteiger partial charge in [-0.1, -0.05) is 37.3 Å². The Labute approximate surface area is 174 Å². The number of carbonyl (C=O) groups is 1.